The number of aryl methyl sites for hydroxylation is 4. The number of rotatable bonds is 8. The number of ether oxygens (including phenoxy) is 2. The average Bonchev–Trinajstić information content (AvgIpc) is 3.67. The fourth-order valence-corrected chi connectivity index (χ4v) is 6.41. The van der Waals surface area contributed by atoms with Crippen molar-refractivity contribution >= 4 is 56.3 Å². The molecule has 8 nitrogen and oxygen atoms in total. The second-order valence-corrected chi connectivity index (χ2v) is 11.5. The molecule has 0 fully saturated rings. The molecule has 0 aliphatic carbocycles. The van der Waals surface area contributed by atoms with Crippen LogP contribution in [0.25, 0.3) is 44.4 Å². The van der Waals surface area contributed by atoms with E-state index < -0.39 is 0 Å². The molecular weight excluding hydrogens is 552 g/mol. The van der Waals surface area contributed by atoms with E-state index in [9.17, 15) is 9.59 Å². The van der Waals surface area contributed by atoms with Gasteiger partial charge in [-0.15, -0.1) is 0 Å². The van der Waals surface area contributed by atoms with Gasteiger partial charge in [0.1, 0.15) is 0 Å². The smallest absolute Gasteiger partial charge is 0.305 e. The molecule has 230 valence electrons. The summed E-state index contributed by atoms with van der Waals surface area (Å²) in [5.74, 6) is -0.518. The maximum absolute atomic E-state index is 12.2. The maximum atomic E-state index is 12.2. The standard InChI is InChI=1S/C36H42N4O4/c1-9-23-19(3)27-15-28-21(5)25(11-13-35(41)43-7)33(39-28)18-34-26(12-14-36(42)44-8)22(6)30(40-34)17-32-24(10-2)20(4)29(38-32)16-31(23)37-27/h15-18,37,39H,9-14H2,1-8H3. The molecule has 0 spiro atoms. The SMILES string of the molecule is CCC1=C(C)c2cc3[nH]c(cc4[nH]c(cc5nc(cc1n2)C(C)=C5CCC(=O)OC)c(CCC(=O)OC)c4C)c(C)c3CC. The van der Waals surface area contributed by atoms with Gasteiger partial charge < -0.3 is 19.4 Å². The van der Waals surface area contributed by atoms with Gasteiger partial charge >= 0.3 is 11.9 Å². The first-order valence-electron chi connectivity index (χ1n) is 15.4. The highest BCUT2D eigenvalue weighted by molar-refractivity contribution is 5.96. The highest BCUT2D eigenvalue weighted by atomic mass is 16.5. The van der Waals surface area contributed by atoms with Crippen molar-refractivity contribution in [2.24, 2.45) is 0 Å². The van der Waals surface area contributed by atoms with Gasteiger partial charge in [0.05, 0.1) is 37.0 Å². The highest BCUT2D eigenvalue weighted by Gasteiger charge is 2.22. The fourth-order valence-electron chi connectivity index (χ4n) is 6.41. The lowest BCUT2D eigenvalue weighted by molar-refractivity contribution is -0.141. The molecule has 3 aromatic heterocycles. The molecule has 5 rings (SSSR count). The molecule has 0 saturated heterocycles. The van der Waals surface area contributed by atoms with Crippen LogP contribution in [0.4, 0.5) is 0 Å². The molecule has 0 atom stereocenters. The van der Waals surface area contributed by atoms with Gasteiger partial charge in [0.25, 0.3) is 0 Å². The summed E-state index contributed by atoms with van der Waals surface area (Å²) in [5, 5.41) is 0. The summed E-state index contributed by atoms with van der Waals surface area (Å²) < 4.78 is 9.92. The molecule has 8 bridgehead atoms. The van der Waals surface area contributed by atoms with Crippen molar-refractivity contribution in [2.75, 3.05) is 14.2 Å². The lowest BCUT2D eigenvalue weighted by atomic mass is 9.99. The first kappa shape index (κ1) is 31.0. The zero-order chi connectivity index (χ0) is 31.7. The average molecular weight is 595 g/mol. The van der Waals surface area contributed by atoms with Gasteiger partial charge in [-0.3, -0.25) is 9.59 Å². The number of nitrogens with zero attached hydrogens (tertiary/aromatic N) is 2. The number of carbonyl (C=O) groups is 2. The number of hydrogen-bond donors (Lipinski definition) is 2. The third kappa shape index (κ3) is 5.73. The summed E-state index contributed by atoms with van der Waals surface area (Å²) in [6, 6.07) is 8.45. The number of aromatic nitrogens is 4. The van der Waals surface area contributed by atoms with E-state index in [1.165, 1.54) is 36.5 Å². The molecule has 44 heavy (non-hydrogen) atoms. The predicted octanol–water partition coefficient (Wildman–Crippen LogP) is 7.82. The Morgan fingerprint density at radius 2 is 1.11 bits per heavy atom. The third-order valence-electron chi connectivity index (χ3n) is 9.12. The molecule has 0 aromatic carbocycles. The zero-order valence-corrected chi connectivity index (χ0v) is 27.1. The van der Waals surface area contributed by atoms with Gasteiger partial charge in [0.15, 0.2) is 0 Å². The van der Waals surface area contributed by atoms with Gasteiger partial charge in [-0.1, -0.05) is 13.8 Å². The zero-order valence-electron chi connectivity index (χ0n) is 27.1. The van der Waals surface area contributed by atoms with Crippen LogP contribution in [0.5, 0.6) is 0 Å². The number of esters is 2. The molecule has 0 radical (unpaired) electrons. The van der Waals surface area contributed by atoms with Gasteiger partial charge in [0, 0.05) is 34.9 Å². The van der Waals surface area contributed by atoms with Crippen LogP contribution in [0, 0.1) is 13.8 Å². The molecule has 0 saturated carbocycles. The van der Waals surface area contributed by atoms with Crippen LogP contribution in [0.1, 0.15) is 98.4 Å². The Labute approximate surface area is 258 Å². The fraction of sp³-hybridized carbons (Fsp3) is 0.389. The van der Waals surface area contributed by atoms with E-state index in [1.54, 1.807) is 0 Å². The first-order chi connectivity index (χ1) is 21.1. The Bertz CT molecular complexity index is 1890. The Balaban J connectivity index is 1.89. The molecule has 2 N–H and O–H groups in total. The number of carbonyl (C=O) groups excluding carboxylic acids is 2. The lowest BCUT2D eigenvalue weighted by Crippen LogP contribution is -2.02. The van der Waals surface area contributed by atoms with Crippen molar-refractivity contribution in [3.63, 3.8) is 0 Å². The van der Waals surface area contributed by atoms with E-state index in [2.05, 4.69) is 69.7 Å². The van der Waals surface area contributed by atoms with Crippen LogP contribution in [0.2, 0.25) is 0 Å². The highest BCUT2D eigenvalue weighted by Crippen LogP contribution is 2.37. The van der Waals surface area contributed by atoms with Crippen molar-refractivity contribution in [1.82, 2.24) is 19.9 Å². The summed E-state index contributed by atoms with van der Waals surface area (Å²) >= 11 is 0. The number of nitrogens with one attached hydrogen (secondary N) is 2. The van der Waals surface area contributed by atoms with E-state index in [4.69, 9.17) is 19.4 Å². The molecule has 2 aliphatic rings. The number of H-pyrrole nitrogens is 2. The van der Waals surface area contributed by atoms with Crippen LogP contribution in [0.3, 0.4) is 0 Å². The van der Waals surface area contributed by atoms with Gasteiger partial charge in [-0.2, -0.15) is 0 Å². The number of fused-ring (bicyclic) bond motifs is 8. The van der Waals surface area contributed by atoms with Crippen LogP contribution in [0.15, 0.2) is 24.3 Å². The minimum Gasteiger partial charge on any atom is -0.469 e. The third-order valence-corrected chi connectivity index (χ3v) is 9.12. The lowest BCUT2D eigenvalue weighted by Gasteiger charge is -2.05. The Kier molecular flexibility index (Phi) is 8.90. The topological polar surface area (TPSA) is 110 Å². The second-order valence-electron chi connectivity index (χ2n) is 11.5. The van der Waals surface area contributed by atoms with Crippen molar-refractivity contribution < 1.29 is 19.1 Å². The maximum Gasteiger partial charge on any atom is 0.305 e. The van der Waals surface area contributed by atoms with E-state index in [0.29, 0.717) is 12.8 Å². The summed E-state index contributed by atoms with van der Waals surface area (Å²) in [6.45, 7) is 12.8. The molecule has 5 heterocycles. The first-order valence-corrected chi connectivity index (χ1v) is 15.4. The van der Waals surface area contributed by atoms with Crippen molar-refractivity contribution in [1.29, 1.82) is 0 Å². The number of aromatic amines is 2. The predicted molar refractivity (Wildman–Crippen MR) is 177 cm³/mol. The second kappa shape index (κ2) is 12.6. The summed E-state index contributed by atoms with van der Waals surface area (Å²) in [7, 11) is 2.82. The summed E-state index contributed by atoms with van der Waals surface area (Å²) in [5.41, 5.74) is 16.4. The van der Waals surface area contributed by atoms with Crippen molar-refractivity contribution in [3.8, 4) is 0 Å². The van der Waals surface area contributed by atoms with Crippen molar-refractivity contribution in [3.05, 3.63) is 69.3 Å². The minimum atomic E-state index is -0.263. The van der Waals surface area contributed by atoms with Gasteiger partial charge in [0.2, 0.25) is 0 Å². The number of allylic oxidation sites excluding steroid dienone is 4. The van der Waals surface area contributed by atoms with Crippen molar-refractivity contribution in [2.45, 2.75) is 80.1 Å². The molecule has 0 unspecified atom stereocenters. The van der Waals surface area contributed by atoms with E-state index in [-0.39, 0.29) is 24.8 Å². The van der Waals surface area contributed by atoms with Gasteiger partial charge in [-0.25, -0.2) is 9.97 Å². The van der Waals surface area contributed by atoms with E-state index >= 15 is 0 Å². The number of hydrogen-bond acceptors (Lipinski definition) is 6. The van der Waals surface area contributed by atoms with E-state index in [0.717, 1.165) is 80.0 Å². The molecule has 3 aromatic rings. The Hall–Kier alpha value is -4.46. The largest absolute Gasteiger partial charge is 0.469 e. The summed E-state index contributed by atoms with van der Waals surface area (Å²) in [4.78, 5) is 41.9. The monoisotopic (exact) mass is 594 g/mol. The molecular formula is C36H42N4O4. The van der Waals surface area contributed by atoms with E-state index in [1.807, 2.05) is 6.07 Å². The van der Waals surface area contributed by atoms with Gasteiger partial charge in [-0.05, 0) is 122 Å². The Morgan fingerprint density at radius 1 is 0.614 bits per heavy atom. The number of methoxy groups -OCH3 is 2. The minimum absolute atomic E-state index is 0.252. The quantitative estimate of drug-likeness (QED) is 0.257. The van der Waals surface area contributed by atoms with Crippen LogP contribution in [-0.4, -0.2) is 46.1 Å². The summed E-state index contributed by atoms with van der Waals surface area (Å²) in [6.07, 6.45) is 3.28. The molecule has 8 heteroatoms. The molecule has 0 amide bonds. The Morgan fingerprint density at radius 3 is 1.70 bits per heavy atom. The van der Waals surface area contributed by atoms with Crippen LogP contribution in [-0.2, 0) is 31.9 Å². The van der Waals surface area contributed by atoms with Crippen LogP contribution >= 0.6 is 0 Å². The van der Waals surface area contributed by atoms with Crippen LogP contribution < -0.4 is 0 Å². The normalized spacial score (nSPS) is 13.1. The molecule has 2 aliphatic heterocycles.